The van der Waals surface area contributed by atoms with Gasteiger partial charge in [-0.15, -0.1) is 0 Å². The fraction of sp³-hybridized carbons (Fsp3) is 0. The second-order valence-corrected chi connectivity index (χ2v) is 5.40. The Morgan fingerprint density at radius 3 is 2.79 bits per heavy atom. The number of carbonyl (C=O) groups excluding carboxylic acids is 1. The molecule has 0 radical (unpaired) electrons. The summed E-state index contributed by atoms with van der Waals surface area (Å²) in [6.07, 6.45) is 2.13. The van der Waals surface area contributed by atoms with E-state index in [9.17, 15) is 14.9 Å². The van der Waals surface area contributed by atoms with Gasteiger partial charge in [-0.1, -0.05) is 11.8 Å². The highest BCUT2D eigenvalue weighted by Gasteiger charge is 2.14. The molecule has 0 aliphatic rings. The summed E-state index contributed by atoms with van der Waals surface area (Å²) in [7, 11) is 0. The molecule has 19 heavy (non-hydrogen) atoms. The van der Waals surface area contributed by atoms with Gasteiger partial charge in [-0.2, -0.15) is 0 Å². The van der Waals surface area contributed by atoms with Crippen LogP contribution in [0.15, 0.2) is 50.9 Å². The molecular formula is C12H7BrN2O3S. The highest BCUT2D eigenvalue weighted by atomic mass is 79.9. The molecular weight excluding hydrogens is 332 g/mol. The van der Waals surface area contributed by atoms with Crippen LogP contribution in [0.4, 0.5) is 5.69 Å². The molecule has 0 N–H and O–H groups in total. The van der Waals surface area contributed by atoms with Crippen LogP contribution < -0.4 is 0 Å². The van der Waals surface area contributed by atoms with Crippen molar-refractivity contribution in [2.45, 2.75) is 9.92 Å². The van der Waals surface area contributed by atoms with E-state index in [0.29, 0.717) is 11.2 Å². The van der Waals surface area contributed by atoms with Crippen molar-refractivity contribution in [1.29, 1.82) is 0 Å². The molecule has 2 aromatic rings. The second-order valence-electron chi connectivity index (χ2n) is 3.49. The van der Waals surface area contributed by atoms with E-state index < -0.39 is 4.92 Å². The topological polar surface area (TPSA) is 73.1 Å². The van der Waals surface area contributed by atoms with Gasteiger partial charge in [-0.3, -0.25) is 14.9 Å². The third-order valence-electron chi connectivity index (χ3n) is 2.26. The Labute approximate surface area is 121 Å². The molecule has 0 saturated heterocycles. The Morgan fingerprint density at radius 2 is 2.16 bits per heavy atom. The van der Waals surface area contributed by atoms with Crippen molar-refractivity contribution in [2.75, 3.05) is 0 Å². The van der Waals surface area contributed by atoms with Crippen LogP contribution in [0.25, 0.3) is 0 Å². The van der Waals surface area contributed by atoms with Crippen LogP contribution in [0.5, 0.6) is 0 Å². The number of hydrogen-bond donors (Lipinski definition) is 0. The summed E-state index contributed by atoms with van der Waals surface area (Å²) < 4.78 is 0.825. The van der Waals surface area contributed by atoms with Crippen LogP contribution in [0, 0.1) is 10.1 Å². The maximum Gasteiger partial charge on any atom is 0.279 e. The number of hydrogen-bond acceptors (Lipinski definition) is 5. The van der Waals surface area contributed by atoms with E-state index in [1.54, 1.807) is 18.3 Å². The number of rotatable bonds is 4. The Morgan fingerprint density at radius 1 is 1.37 bits per heavy atom. The first kappa shape index (κ1) is 13.7. The molecule has 7 heteroatoms. The third-order valence-corrected chi connectivity index (χ3v) is 4.17. The molecule has 96 valence electrons. The molecule has 0 saturated carbocycles. The van der Waals surface area contributed by atoms with Crippen molar-refractivity contribution < 1.29 is 9.72 Å². The van der Waals surface area contributed by atoms with Gasteiger partial charge >= 0.3 is 0 Å². The average Bonchev–Trinajstić information content (AvgIpc) is 2.41. The summed E-state index contributed by atoms with van der Waals surface area (Å²) in [5.74, 6) is 0. The molecule has 0 atom stereocenters. The van der Waals surface area contributed by atoms with Gasteiger partial charge in [0.2, 0.25) is 0 Å². The number of halogens is 1. The fourth-order valence-electron chi connectivity index (χ4n) is 1.41. The van der Waals surface area contributed by atoms with Gasteiger partial charge in [0.1, 0.15) is 5.03 Å². The van der Waals surface area contributed by atoms with Crippen molar-refractivity contribution in [2.24, 2.45) is 0 Å². The van der Waals surface area contributed by atoms with E-state index in [1.807, 2.05) is 6.07 Å². The SMILES string of the molecule is O=Cc1cc(Sc2ncccc2Br)ccc1[N+](=O)[O-]. The molecule has 0 bridgehead atoms. The van der Waals surface area contributed by atoms with E-state index >= 15 is 0 Å². The summed E-state index contributed by atoms with van der Waals surface area (Å²) in [5.41, 5.74) is -0.138. The van der Waals surface area contributed by atoms with E-state index in [2.05, 4.69) is 20.9 Å². The van der Waals surface area contributed by atoms with Gasteiger partial charge < -0.3 is 0 Å². The van der Waals surface area contributed by atoms with Crippen LogP contribution in [0.1, 0.15) is 10.4 Å². The summed E-state index contributed by atoms with van der Waals surface area (Å²) >= 11 is 4.69. The molecule has 0 spiro atoms. The first-order valence-electron chi connectivity index (χ1n) is 5.14. The Balaban J connectivity index is 2.35. The average molecular weight is 339 g/mol. The van der Waals surface area contributed by atoms with Gasteiger partial charge in [0.05, 0.1) is 15.0 Å². The lowest BCUT2D eigenvalue weighted by atomic mass is 10.2. The number of carbonyl (C=O) groups is 1. The standard InChI is InChI=1S/C12H7BrN2O3S/c13-10-2-1-5-14-12(10)19-9-3-4-11(15(17)18)8(6-9)7-16/h1-7H. The molecule has 1 aromatic heterocycles. The van der Waals surface area contributed by atoms with Gasteiger partial charge in [-0.25, -0.2) is 4.98 Å². The smallest absolute Gasteiger partial charge is 0.279 e. The Hall–Kier alpha value is -1.73. The number of nitro groups is 1. The first-order chi connectivity index (χ1) is 9.11. The lowest BCUT2D eigenvalue weighted by Crippen LogP contribution is -1.94. The number of benzene rings is 1. The Bertz CT molecular complexity index is 649. The summed E-state index contributed by atoms with van der Waals surface area (Å²) in [5, 5.41) is 11.5. The maximum absolute atomic E-state index is 10.9. The van der Waals surface area contributed by atoms with Crippen molar-refractivity contribution in [1.82, 2.24) is 4.98 Å². The molecule has 0 unspecified atom stereocenters. The number of aldehydes is 1. The minimum Gasteiger partial charge on any atom is -0.298 e. The fourth-order valence-corrected chi connectivity index (χ4v) is 2.74. The number of nitro benzene ring substituents is 1. The second kappa shape index (κ2) is 5.94. The van der Waals surface area contributed by atoms with Gasteiger partial charge in [-0.05, 0) is 40.2 Å². The van der Waals surface area contributed by atoms with Crippen molar-refractivity contribution >= 4 is 39.7 Å². The number of aromatic nitrogens is 1. The predicted octanol–water partition coefficient (Wildman–Crippen LogP) is 3.72. The molecule has 0 aliphatic heterocycles. The van der Waals surface area contributed by atoms with Crippen LogP contribution in [0.2, 0.25) is 0 Å². The van der Waals surface area contributed by atoms with E-state index in [1.165, 1.54) is 23.9 Å². The molecule has 0 amide bonds. The minimum absolute atomic E-state index is 0.0575. The largest absolute Gasteiger partial charge is 0.298 e. The third kappa shape index (κ3) is 3.18. The quantitative estimate of drug-likeness (QED) is 0.482. The van der Waals surface area contributed by atoms with Gasteiger partial charge in [0, 0.05) is 17.2 Å². The highest BCUT2D eigenvalue weighted by molar-refractivity contribution is 9.10. The normalized spacial score (nSPS) is 10.2. The Kier molecular flexibility index (Phi) is 4.28. The van der Waals surface area contributed by atoms with Crippen molar-refractivity contribution in [3.63, 3.8) is 0 Å². The monoisotopic (exact) mass is 338 g/mol. The molecule has 0 aliphatic carbocycles. The van der Waals surface area contributed by atoms with Crippen LogP contribution >= 0.6 is 27.7 Å². The van der Waals surface area contributed by atoms with Crippen molar-refractivity contribution in [3.05, 3.63) is 56.7 Å². The van der Waals surface area contributed by atoms with Crippen molar-refractivity contribution in [3.8, 4) is 0 Å². The maximum atomic E-state index is 10.9. The molecule has 2 rings (SSSR count). The summed E-state index contributed by atoms with van der Waals surface area (Å²) in [6.45, 7) is 0. The lowest BCUT2D eigenvalue weighted by Gasteiger charge is -2.04. The first-order valence-corrected chi connectivity index (χ1v) is 6.75. The van der Waals surface area contributed by atoms with Crippen LogP contribution in [-0.4, -0.2) is 16.2 Å². The molecule has 0 fully saturated rings. The zero-order chi connectivity index (χ0) is 13.8. The van der Waals surface area contributed by atoms with Gasteiger partial charge in [0.25, 0.3) is 5.69 Å². The van der Waals surface area contributed by atoms with Crippen LogP contribution in [0.3, 0.4) is 0 Å². The highest BCUT2D eigenvalue weighted by Crippen LogP contribution is 2.33. The number of pyridine rings is 1. The summed E-state index contributed by atoms with van der Waals surface area (Å²) in [4.78, 5) is 25.9. The van der Waals surface area contributed by atoms with E-state index in [4.69, 9.17) is 0 Å². The van der Waals surface area contributed by atoms with E-state index in [0.717, 1.165) is 9.50 Å². The van der Waals surface area contributed by atoms with E-state index in [-0.39, 0.29) is 11.3 Å². The molecule has 1 aromatic carbocycles. The summed E-state index contributed by atoms with van der Waals surface area (Å²) in [6, 6.07) is 8.04. The number of nitrogens with zero attached hydrogens (tertiary/aromatic N) is 2. The lowest BCUT2D eigenvalue weighted by molar-refractivity contribution is -0.385. The zero-order valence-electron chi connectivity index (χ0n) is 9.45. The minimum atomic E-state index is -0.575. The molecule has 1 heterocycles. The van der Waals surface area contributed by atoms with Gasteiger partial charge in [0.15, 0.2) is 6.29 Å². The zero-order valence-corrected chi connectivity index (χ0v) is 11.8. The predicted molar refractivity (Wildman–Crippen MR) is 74.5 cm³/mol. The van der Waals surface area contributed by atoms with Crippen LogP contribution in [-0.2, 0) is 0 Å². The molecule has 5 nitrogen and oxygen atoms in total.